The third kappa shape index (κ3) is 2.68. The predicted molar refractivity (Wildman–Crippen MR) is 84.4 cm³/mol. The van der Waals surface area contributed by atoms with Gasteiger partial charge in [0.15, 0.2) is 0 Å². The second kappa shape index (κ2) is 5.53. The minimum atomic E-state index is 0.310. The summed E-state index contributed by atoms with van der Waals surface area (Å²) in [5, 5.41) is 1.28. The smallest absolute Gasteiger partial charge is 0.205 e. The van der Waals surface area contributed by atoms with Gasteiger partial charge in [-0.2, -0.15) is 0 Å². The Morgan fingerprint density at radius 2 is 2.00 bits per heavy atom. The lowest BCUT2D eigenvalue weighted by atomic mass is 10.3. The van der Waals surface area contributed by atoms with Gasteiger partial charge in [-0.1, -0.05) is 29.3 Å². The van der Waals surface area contributed by atoms with E-state index in [1.807, 2.05) is 0 Å². The summed E-state index contributed by atoms with van der Waals surface area (Å²) in [5.41, 5.74) is 2.60. The van der Waals surface area contributed by atoms with Gasteiger partial charge in [-0.05, 0) is 29.8 Å². The molecule has 0 aliphatic rings. The van der Waals surface area contributed by atoms with Crippen LogP contribution in [0.25, 0.3) is 15.9 Å². The molecule has 21 heavy (non-hydrogen) atoms. The number of pyridine rings is 1. The van der Waals surface area contributed by atoms with Crippen LogP contribution in [0.5, 0.6) is 0 Å². The summed E-state index contributed by atoms with van der Waals surface area (Å²) >= 11 is 18.3. The molecule has 3 rings (SSSR count). The molecule has 0 saturated heterocycles. The van der Waals surface area contributed by atoms with Crippen LogP contribution in [0.1, 0.15) is 5.69 Å². The van der Waals surface area contributed by atoms with Crippen LogP contribution < -0.4 is 0 Å². The standard InChI is InChI=1S/C14H7Cl3N4/c1-18-9-2-3-10(19-6-9)7-21-12-5-8(15)4-11(16)13(12)20-14(21)17/h2-6H,7H2. The summed E-state index contributed by atoms with van der Waals surface area (Å²) in [6.45, 7) is 7.34. The lowest BCUT2D eigenvalue weighted by Crippen LogP contribution is -2.01. The maximum atomic E-state index is 6.92. The molecule has 0 fully saturated rings. The number of halogens is 3. The maximum absolute atomic E-state index is 6.92. The zero-order chi connectivity index (χ0) is 15.0. The Kier molecular flexibility index (Phi) is 3.73. The number of hydrogen-bond donors (Lipinski definition) is 0. The summed E-state index contributed by atoms with van der Waals surface area (Å²) in [7, 11) is 0. The average Bonchev–Trinajstić information content (AvgIpc) is 2.77. The van der Waals surface area contributed by atoms with Gasteiger partial charge in [0.05, 0.1) is 29.4 Å². The van der Waals surface area contributed by atoms with E-state index >= 15 is 0 Å². The van der Waals surface area contributed by atoms with Gasteiger partial charge in [0.25, 0.3) is 0 Å². The summed E-state index contributed by atoms with van der Waals surface area (Å²) < 4.78 is 1.77. The highest BCUT2D eigenvalue weighted by Crippen LogP contribution is 2.30. The predicted octanol–water partition coefficient (Wildman–Crippen LogP) is 4.99. The van der Waals surface area contributed by atoms with Gasteiger partial charge in [-0.25, -0.2) is 9.83 Å². The highest BCUT2D eigenvalue weighted by Gasteiger charge is 2.13. The molecule has 1 aromatic carbocycles. The van der Waals surface area contributed by atoms with E-state index in [4.69, 9.17) is 41.4 Å². The molecule has 2 heterocycles. The van der Waals surface area contributed by atoms with Crippen molar-refractivity contribution in [1.29, 1.82) is 0 Å². The minimum absolute atomic E-state index is 0.310. The summed E-state index contributed by atoms with van der Waals surface area (Å²) in [6.07, 6.45) is 1.52. The van der Waals surface area contributed by atoms with Gasteiger partial charge < -0.3 is 4.57 Å². The highest BCUT2D eigenvalue weighted by atomic mass is 35.5. The molecule has 0 spiro atoms. The molecule has 0 radical (unpaired) electrons. The molecular weight excluding hydrogens is 331 g/mol. The second-order valence-corrected chi connectivity index (χ2v) is 5.52. The van der Waals surface area contributed by atoms with Crippen molar-refractivity contribution >= 4 is 51.5 Å². The second-order valence-electron chi connectivity index (χ2n) is 4.34. The zero-order valence-electron chi connectivity index (χ0n) is 10.5. The van der Waals surface area contributed by atoms with Crippen LogP contribution in [-0.2, 0) is 6.54 Å². The first-order valence-corrected chi connectivity index (χ1v) is 7.05. The molecule has 0 atom stereocenters. The van der Waals surface area contributed by atoms with Crippen molar-refractivity contribution in [3.63, 3.8) is 0 Å². The number of nitrogens with zero attached hydrogens (tertiary/aromatic N) is 4. The number of benzene rings is 1. The van der Waals surface area contributed by atoms with Crippen LogP contribution in [0, 0.1) is 6.57 Å². The van der Waals surface area contributed by atoms with Crippen LogP contribution in [0.3, 0.4) is 0 Å². The third-order valence-corrected chi connectivity index (χ3v) is 3.78. The van der Waals surface area contributed by atoms with E-state index in [1.165, 1.54) is 6.20 Å². The van der Waals surface area contributed by atoms with Crippen molar-refractivity contribution in [2.24, 2.45) is 0 Å². The van der Waals surface area contributed by atoms with Gasteiger partial charge in [0.1, 0.15) is 5.52 Å². The van der Waals surface area contributed by atoms with Crippen molar-refractivity contribution in [2.75, 3.05) is 0 Å². The van der Waals surface area contributed by atoms with Crippen molar-refractivity contribution in [3.8, 4) is 0 Å². The first-order chi connectivity index (χ1) is 10.1. The van der Waals surface area contributed by atoms with Crippen molar-refractivity contribution < 1.29 is 0 Å². The Morgan fingerprint density at radius 1 is 1.19 bits per heavy atom. The van der Waals surface area contributed by atoms with Gasteiger partial charge in [0.2, 0.25) is 11.0 Å². The average molecular weight is 338 g/mol. The maximum Gasteiger partial charge on any atom is 0.205 e. The molecular formula is C14H7Cl3N4. The Balaban J connectivity index is 2.07. The number of fused-ring (bicyclic) bond motifs is 1. The number of hydrogen-bond acceptors (Lipinski definition) is 2. The molecule has 0 amide bonds. The first-order valence-electron chi connectivity index (χ1n) is 5.91. The Hall–Kier alpha value is -1.80. The fraction of sp³-hybridized carbons (Fsp3) is 0.0714. The number of rotatable bonds is 2. The zero-order valence-corrected chi connectivity index (χ0v) is 12.8. The van der Waals surface area contributed by atoms with Crippen LogP contribution in [-0.4, -0.2) is 14.5 Å². The minimum Gasteiger partial charge on any atom is -0.308 e. The molecule has 0 saturated carbocycles. The topological polar surface area (TPSA) is 35.1 Å². The van der Waals surface area contributed by atoms with Crippen LogP contribution in [0.4, 0.5) is 5.69 Å². The Labute approximate surface area is 135 Å². The van der Waals surface area contributed by atoms with Crippen molar-refractivity contribution in [2.45, 2.75) is 6.54 Å². The Morgan fingerprint density at radius 3 is 2.67 bits per heavy atom. The SMILES string of the molecule is [C-]#[N+]c1ccc(Cn2c(Cl)nc3c(Cl)cc(Cl)cc32)nc1. The Bertz CT molecular complexity index is 863. The third-order valence-electron chi connectivity index (χ3n) is 2.98. The van der Waals surface area contributed by atoms with Gasteiger partial charge in [-0.3, -0.25) is 4.98 Å². The summed E-state index contributed by atoms with van der Waals surface area (Å²) in [6, 6.07) is 6.88. The van der Waals surface area contributed by atoms with E-state index in [9.17, 15) is 0 Å². The van der Waals surface area contributed by atoms with Gasteiger partial charge in [-0.15, -0.1) is 0 Å². The lowest BCUT2D eigenvalue weighted by molar-refractivity contribution is 0.799. The van der Waals surface area contributed by atoms with Crippen molar-refractivity contribution in [3.05, 3.63) is 62.9 Å². The molecule has 7 heteroatoms. The van der Waals surface area contributed by atoms with Gasteiger partial charge in [0, 0.05) is 11.2 Å². The van der Waals surface area contributed by atoms with E-state index in [1.54, 1.807) is 28.8 Å². The molecule has 4 nitrogen and oxygen atoms in total. The number of aromatic nitrogens is 3. The quantitative estimate of drug-likeness (QED) is 0.617. The molecule has 0 aliphatic carbocycles. The lowest BCUT2D eigenvalue weighted by Gasteiger charge is -2.06. The highest BCUT2D eigenvalue weighted by molar-refractivity contribution is 6.38. The molecule has 0 unspecified atom stereocenters. The van der Waals surface area contributed by atoms with Gasteiger partial charge >= 0.3 is 0 Å². The molecule has 104 valence electrons. The largest absolute Gasteiger partial charge is 0.308 e. The van der Waals surface area contributed by atoms with E-state index in [2.05, 4.69) is 14.8 Å². The monoisotopic (exact) mass is 336 g/mol. The molecule has 0 bridgehead atoms. The fourth-order valence-electron chi connectivity index (χ4n) is 2.01. The fourth-order valence-corrected chi connectivity index (χ4v) is 2.77. The number of imidazole rings is 1. The van der Waals surface area contributed by atoms with E-state index in [0.717, 1.165) is 11.2 Å². The summed E-state index contributed by atoms with van der Waals surface area (Å²) in [5.74, 6) is 0. The molecule has 0 aliphatic heterocycles. The van der Waals surface area contributed by atoms with Crippen LogP contribution in [0.2, 0.25) is 15.3 Å². The summed E-state index contributed by atoms with van der Waals surface area (Å²) in [4.78, 5) is 11.8. The molecule has 2 aromatic heterocycles. The van der Waals surface area contributed by atoms with Crippen LogP contribution >= 0.6 is 34.8 Å². The van der Waals surface area contributed by atoms with Crippen LogP contribution in [0.15, 0.2) is 30.5 Å². The van der Waals surface area contributed by atoms with E-state index in [0.29, 0.717) is 33.1 Å². The molecule has 0 N–H and O–H groups in total. The van der Waals surface area contributed by atoms with Crippen molar-refractivity contribution in [1.82, 2.24) is 14.5 Å². The van der Waals surface area contributed by atoms with E-state index < -0.39 is 0 Å². The normalized spacial score (nSPS) is 10.8. The van der Waals surface area contributed by atoms with E-state index in [-0.39, 0.29) is 0 Å². The first kappa shape index (κ1) is 14.2. The molecule has 3 aromatic rings.